The van der Waals surface area contributed by atoms with Gasteiger partial charge in [0.05, 0.1) is 5.60 Å². The van der Waals surface area contributed by atoms with Crippen LogP contribution in [-0.4, -0.2) is 34.9 Å². The summed E-state index contributed by atoms with van der Waals surface area (Å²) in [7, 11) is 0. The first-order chi connectivity index (χ1) is 13.2. The third-order valence-electron chi connectivity index (χ3n) is 3.39. The van der Waals surface area contributed by atoms with Crippen LogP contribution in [0.2, 0.25) is 0 Å². The predicted octanol–water partition coefficient (Wildman–Crippen LogP) is 3.04. The van der Waals surface area contributed by atoms with Crippen LogP contribution in [0.5, 0.6) is 0 Å². The van der Waals surface area contributed by atoms with E-state index >= 15 is 0 Å². The van der Waals surface area contributed by atoms with Crippen molar-refractivity contribution in [3.8, 4) is 0 Å². The third-order valence-corrected chi connectivity index (χ3v) is 3.39. The molecule has 0 aromatic heterocycles. The Morgan fingerprint density at radius 2 is 1.41 bits per heavy atom. The zero-order valence-corrected chi connectivity index (χ0v) is 18.2. The molecule has 1 unspecified atom stereocenters. The molecule has 0 aromatic rings. The molecule has 0 heterocycles. The summed E-state index contributed by atoms with van der Waals surface area (Å²) in [4.78, 5) is 23.3. The fourth-order valence-corrected chi connectivity index (χ4v) is 2.13. The van der Waals surface area contributed by atoms with Crippen molar-refractivity contribution in [3.05, 3.63) is 84.8 Å². The summed E-state index contributed by atoms with van der Waals surface area (Å²) in [6, 6.07) is 0.0715. The molecule has 2 aliphatic carbocycles. The van der Waals surface area contributed by atoms with Crippen LogP contribution in [0.1, 0.15) is 27.2 Å². The van der Waals surface area contributed by atoms with Gasteiger partial charge >= 0.3 is 0 Å². The first-order valence-corrected chi connectivity index (χ1v) is 9.22. The number of hydrogen-bond acceptors (Lipinski definition) is 5. The molecule has 2 rings (SSSR count). The average Bonchev–Trinajstić information content (AvgIpc) is 2.61. The maximum Gasteiger partial charge on any atom is 0.187 e. The predicted molar refractivity (Wildman–Crippen MR) is 114 cm³/mol. The van der Waals surface area contributed by atoms with Gasteiger partial charge in [-0.3, -0.25) is 9.59 Å². The van der Waals surface area contributed by atoms with Crippen molar-refractivity contribution in [3.63, 3.8) is 0 Å². The van der Waals surface area contributed by atoms with Gasteiger partial charge in [0.1, 0.15) is 0 Å². The molecule has 0 aliphatic heterocycles. The first kappa shape index (κ1) is 26.6. The van der Waals surface area contributed by atoms with Gasteiger partial charge < -0.3 is 15.7 Å². The number of carbonyl (C=O) groups excluding carboxylic acids is 2. The Bertz CT molecular complexity index is 745. The molecule has 5 nitrogen and oxygen atoms in total. The number of carbonyl (C=O) groups is 2. The van der Waals surface area contributed by atoms with E-state index in [0.717, 1.165) is 6.42 Å². The van der Waals surface area contributed by atoms with E-state index in [-0.39, 0.29) is 34.4 Å². The Morgan fingerprint density at radius 1 is 0.966 bits per heavy atom. The molecule has 0 bridgehead atoms. The van der Waals surface area contributed by atoms with Gasteiger partial charge in [-0.2, -0.15) is 0 Å². The summed E-state index contributed by atoms with van der Waals surface area (Å²) in [6.07, 6.45) is 19.7. The monoisotopic (exact) mass is 441 g/mol. The third kappa shape index (κ3) is 12.6. The van der Waals surface area contributed by atoms with Crippen molar-refractivity contribution < 1.29 is 31.5 Å². The molecule has 0 aromatic carbocycles. The molecule has 3 N–H and O–H groups in total. The average molecular weight is 441 g/mol. The van der Waals surface area contributed by atoms with Crippen molar-refractivity contribution >= 4 is 11.6 Å². The topological polar surface area (TPSA) is 78.4 Å². The molecule has 2 aliphatic rings. The first-order valence-electron chi connectivity index (χ1n) is 9.22. The zero-order chi connectivity index (χ0) is 21.0. The Balaban J connectivity index is 0.00000117. The van der Waals surface area contributed by atoms with Gasteiger partial charge in [0.25, 0.3) is 0 Å². The number of nitrogens with one attached hydrogen (secondary N) is 2. The molecule has 0 saturated carbocycles. The molecule has 1 radical (unpaired) electrons. The smallest absolute Gasteiger partial charge is 0.187 e. The summed E-state index contributed by atoms with van der Waals surface area (Å²) in [5.41, 5.74) is 0.745. The number of ketones is 2. The van der Waals surface area contributed by atoms with Gasteiger partial charge in [-0.15, -0.1) is 6.58 Å². The van der Waals surface area contributed by atoms with E-state index in [1.165, 1.54) is 12.2 Å². The molecule has 0 saturated heterocycles. The van der Waals surface area contributed by atoms with Gasteiger partial charge in [0.15, 0.2) is 11.6 Å². The fourth-order valence-electron chi connectivity index (χ4n) is 2.13. The minimum atomic E-state index is -0.500. The summed E-state index contributed by atoms with van der Waals surface area (Å²) in [5, 5.41) is 14.9. The molecule has 29 heavy (non-hydrogen) atoms. The Labute approximate surface area is 183 Å². The molecular formula is C23H30CoN2O3. The molecular weight excluding hydrogens is 411 g/mol. The van der Waals surface area contributed by atoms with Gasteiger partial charge in [0, 0.05) is 52.9 Å². The van der Waals surface area contributed by atoms with Crippen LogP contribution < -0.4 is 10.6 Å². The molecule has 0 amide bonds. The van der Waals surface area contributed by atoms with Crippen LogP contribution in [0, 0.1) is 0 Å². The minimum absolute atomic E-state index is 0. The summed E-state index contributed by atoms with van der Waals surface area (Å²) in [6.45, 7) is 9.59. The van der Waals surface area contributed by atoms with E-state index in [1.54, 1.807) is 57.5 Å². The van der Waals surface area contributed by atoms with Crippen molar-refractivity contribution in [2.45, 2.75) is 38.8 Å². The van der Waals surface area contributed by atoms with Crippen molar-refractivity contribution in [2.24, 2.45) is 0 Å². The number of rotatable bonds is 7. The Morgan fingerprint density at radius 3 is 1.86 bits per heavy atom. The Hall–Kier alpha value is -2.41. The number of aliphatic hydroxyl groups is 1. The van der Waals surface area contributed by atoms with Crippen molar-refractivity contribution in [1.29, 1.82) is 0 Å². The largest absolute Gasteiger partial charge is 0.391 e. The van der Waals surface area contributed by atoms with Crippen LogP contribution in [-0.2, 0) is 26.4 Å². The molecule has 0 fully saturated rings. The number of hydrogen-bond donors (Lipinski definition) is 3. The normalized spacial score (nSPS) is 18.8. The maximum atomic E-state index is 11.7. The van der Waals surface area contributed by atoms with E-state index in [0.29, 0.717) is 17.7 Å². The second-order valence-electron chi connectivity index (χ2n) is 7.33. The summed E-state index contributed by atoms with van der Waals surface area (Å²) >= 11 is 0. The quantitative estimate of drug-likeness (QED) is 0.418. The van der Waals surface area contributed by atoms with E-state index in [9.17, 15) is 9.59 Å². The van der Waals surface area contributed by atoms with Crippen LogP contribution in [0.25, 0.3) is 0 Å². The molecule has 159 valence electrons. The minimum Gasteiger partial charge on any atom is -0.391 e. The standard InChI is InChI=1S/C19H20N2O2.C4H10O.Co/c1-2-7-17(21-13-16-9-4-6-11-19(16)23)14-20-12-15-8-3-5-10-18(15)22;1-4(2,3)5;/h2-6,8-13,17,20-21H,1,7,14H2;5H,1-3H3;/b15-12-,16-13-;;. The summed E-state index contributed by atoms with van der Waals surface area (Å²) < 4.78 is 0. The van der Waals surface area contributed by atoms with E-state index in [1.807, 2.05) is 18.2 Å². The van der Waals surface area contributed by atoms with Gasteiger partial charge in [-0.05, 0) is 51.5 Å². The second-order valence-corrected chi connectivity index (χ2v) is 7.33. The Kier molecular flexibility index (Phi) is 12.6. The van der Waals surface area contributed by atoms with Gasteiger partial charge in [-0.1, -0.05) is 30.4 Å². The molecule has 0 spiro atoms. The van der Waals surface area contributed by atoms with E-state index in [2.05, 4.69) is 17.2 Å². The maximum absolute atomic E-state index is 11.7. The van der Waals surface area contributed by atoms with E-state index < -0.39 is 5.60 Å². The molecule has 6 heteroatoms. The van der Waals surface area contributed by atoms with Crippen LogP contribution >= 0.6 is 0 Å². The number of allylic oxidation sites excluding steroid dienone is 10. The zero-order valence-electron chi connectivity index (χ0n) is 17.1. The van der Waals surface area contributed by atoms with Crippen LogP contribution in [0.3, 0.4) is 0 Å². The fraction of sp³-hybridized carbons (Fsp3) is 0.304. The van der Waals surface area contributed by atoms with Crippen LogP contribution in [0.15, 0.2) is 84.8 Å². The molecule has 1 atom stereocenters. The second kappa shape index (κ2) is 13.7. The van der Waals surface area contributed by atoms with Gasteiger partial charge in [0.2, 0.25) is 0 Å². The van der Waals surface area contributed by atoms with Crippen molar-refractivity contribution in [1.82, 2.24) is 10.6 Å². The van der Waals surface area contributed by atoms with Crippen molar-refractivity contribution in [2.75, 3.05) is 6.54 Å². The van der Waals surface area contributed by atoms with Crippen LogP contribution in [0.4, 0.5) is 0 Å². The summed E-state index contributed by atoms with van der Waals surface area (Å²) in [5.74, 6) is -0.0303. The van der Waals surface area contributed by atoms with E-state index in [4.69, 9.17) is 5.11 Å². The SMILES string of the molecule is C=CCC(CN/C=C1/C=CC=CC1=O)N/C=C1/C=CC=CC1=O.CC(C)(C)O.[Co]. The van der Waals surface area contributed by atoms with Gasteiger partial charge in [-0.25, -0.2) is 0 Å².